The molecule has 0 aromatic carbocycles. The summed E-state index contributed by atoms with van der Waals surface area (Å²) in [5.41, 5.74) is -3.32. The van der Waals surface area contributed by atoms with Crippen molar-refractivity contribution in [2.75, 3.05) is 13.2 Å². The second-order valence-corrected chi connectivity index (χ2v) is 21.6. The van der Waals surface area contributed by atoms with E-state index in [4.69, 9.17) is 28.4 Å². The number of ether oxygens (including phenoxy) is 6. The molecule has 3 aliphatic heterocycles. The molecule has 332 valence electrons. The fraction of sp³-hybridized carbons (Fsp3) is 0.977. The van der Waals surface area contributed by atoms with Crippen LogP contribution in [0.15, 0.2) is 0 Å². The smallest absolute Gasteiger partial charge is 0.303 e. The van der Waals surface area contributed by atoms with Crippen LogP contribution in [0.4, 0.5) is 0 Å². The number of hydrogen-bond acceptors (Lipinski definition) is 15. The van der Waals surface area contributed by atoms with Crippen LogP contribution >= 0.6 is 0 Å². The Labute approximate surface area is 341 Å². The van der Waals surface area contributed by atoms with E-state index >= 15 is 0 Å². The topological polar surface area (TPSA) is 234 Å². The number of fused-ring (bicyclic) bond motifs is 2. The minimum absolute atomic E-state index is 0.0829. The minimum Gasteiger partial charge on any atom is -0.454 e. The summed E-state index contributed by atoms with van der Waals surface area (Å²) < 4.78 is 37.8. The molecule has 0 amide bonds. The molecule has 8 fully saturated rings. The molecule has 21 atom stereocenters. The first-order valence-corrected chi connectivity index (χ1v) is 21.8. The van der Waals surface area contributed by atoms with Crippen LogP contribution in [-0.4, -0.2) is 151 Å². The Hall–Kier alpha value is -1.05. The van der Waals surface area contributed by atoms with Crippen LogP contribution in [0.1, 0.15) is 113 Å². The molecule has 5 aliphatic carbocycles. The highest BCUT2D eigenvalue weighted by atomic mass is 16.7. The first-order valence-electron chi connectivity index (χ1n) is 21.8. The third kappa shape index (κ3) is 6.17. The maximum Gasteiger partial charge on any atom is 0.303 e. The largest absolute Gasteiger partial charge is 0.454 e. The second-order valence-electron chi connectivity index (χ2n) is 21.6. The van der Waals surface area contributed by atoms with Gasteiger partial charge >= 0.3 is 5.97 Å². The van der Waals surface area contributed by atoms with Crippen molar-refractivity contribution in [3.05, 3.63) is 0 Å². The van der Waals surface area contributed by atoms with Crippen molar-refractivity contribution in [2.24, 2.45) is 44.8 Å². The van der Waals surface area contributed by atoms with Gasteiger partial charge in [0.15, 0.2) is 18.7 Å². The summed E-state index contributed by atoms with van der Waals surface area (Å²) in [4.78, 5) is 12.1. The molecule has 0 aromatic rings. The summed E-state index contributed by atoms with van der Waals surface area (Å²) in [5.74, 6) is -0.931. The summed E-state index contributed by atoms with van der Waals surface area (Å²) in [7, 11) is 0. The number of carbonyl (C=O) groups is 1. The van der Waals surface area contributed by atoms with Gasteiger partial charge in [-0.1, -0.05) is 27.7 Å². The predicted molar refractivity (Wildman–Crippen MR) is 203 cm³/mol. The molecule has 5 saturated carbocycles. The van der Waals surface area contributed by atoms with E-state index in [9.17, 15) is 45.6 Å². The molecule has 15 nitrogen and oxygen atoms in total. The van der Waals surface area contributed by atoms with Gasteiger partial charge in [0.05, 0.1) is 48.8 Å². The van der Waals surface area contributed by atoms with Crippen molar-refractivity contribution in [3.63, 3.8) is 0 Å². The highest BCUT2D eigenvalue weighted by Crippen LogP contribution is 2.89. The number of aliphatic hydroxyl groups is 8. The maximum atomic E-state index is 12.2. The number of carbonyl (C=O) groups excluding carboxylic acids is 1. The Morgan fingerprint density at radius 1 is 0.793 bits per heavy atom. The molecular formula is C43H70O15. The Balaban J connectivity index is 1.15. The number of esters is 1. The third-order valence-corrected chi connectivity index (χ3v) is 17.9. The minimum atomic E-state index is -1.62. The zero-order valence-corrected chi connectivity index (χ0v) is 35.5. The number of hydrogen-bond donors (Lipinski definition) is 8. The standard InChI is InChI=1S/C43H70O15/c1-20(45)54-32-28(48)22(47)18-53-36(32)57-26-10-12-43-19-42(43)14-13-39(6)33(41(8)11-9-27(58-41)38(4,5)52)21(46)16-40(39,7)25(42)15-23(34(43)37(26,2)3)55-35-31(51)30(50)29(49)24(17-44)56-35/h21-36,44,46-52H,9-19H2,1-8H3/t21-,22+,23-,24-,25-,26-,27+,28-,29-,30+,31-,32+,33-,34-,35-,36-,39+,40-,41-,42-,43+/m0/s1. The molecule has 3 saturated heterocycles. The van der Waals surface area contributed by atoms with Gasteiger partial charge in [-0.05, 0) is 117 Å². The molecule has 8 aliphatic rings. The van der Waals surface area contributed by atoms with Crippen molar-refractivity contribution in [1.82, 2.24) is 0 Å². The number of aliphatic hydroxyl groups excluding tert-OH is 7. The molecular weight excluding hydrogens is 756 g/mol. The lowest BCUT2D eigenvalue weighted by molar-refractivity contribution is -0.339. The van der Waals surface area contributed by atoms with E-state index in [1.54, 1.807) is 13.8 Å². The van der Waals surface area contributed by atoms with Gasteiger partial charge < -0.3 is 69.3 Å². The van der Waals surface area contributed by atoms with Gasteiger partial charge in [0.2, 0.25) is 0 Å². The molecule has 8 N–H and O–H groups in total. The Kier molecular flexibility index (Phi) is 10.7. The molecule has 0 unspecified atom stereocenters. The fourth-order valence-corrected chi connectivity index (χ4v) is 15.2. The van der Waals surface area contributed by atoms with Gasteiger partial charge in [-0.15, -0.1) is 0 Å². The van der Waals surface area contributed by atoms with Crippen LogP contribution < -0.4 is 0 Å². The van der Waals surface area contributed by atoms with Crippen molar-refractivity contribution in [2.45, 2.75) is 204 Å². The van der Waals surface area contributed by atoms with E-state index in [-0.39, 0.29) is 52.1 Å². The summed E-state index contributed by atoms with van der Waals surface area (Å²) in [5, 5.41) is 87.3. The summed E-state index contributed by atoms with van der Waals surface area (Å²) in [6.07, 6.45) is -7.66. The quantitative estimate of drug-likeness (QED) is 0.127. The van der Waals surface area contributed by atoms with Crippen LogP contribution in [0, 0.1) is 44.8 Å². The van der Waals surface area contributed by atoms with Gasteiger partial charge in [-0.2, -0.15) is 0 Å². The van der Waals surface area contributed by atoms with Gasteiger partial charge in [-0.3, -0.25) is 4.79 Å². The van der Waals surface area contributed by atoms with Gasteiger partial charge in [0, 0.05) is 12.8 Å². The van der Waals surface area contributed by atoms with Crippen molar-refractivity contribution >= 4 is 5.97 Å². The van der Waals surface area contributed by atoms with Crippen LogP contribution in [0.5, 0.6) is 0 Å². The number of rotatable bonds is 8. The highest BCUT2D eigenvalue weighted by Gasteiger charge is 2.85. The Morgan fingerprint density at radius 2 is 1.50 bits per heavy atom. The average Bonchev–Trinajstić information content (AvgIpc) is 3.50. The van der Waals surface area contributed by atoms with Crippen molar-refractivity contribution in [1.29, 1.82) is 0 Å². The first-order chi connectivity index (χ1) is 26.9. The van der Waals surface area contributed by atoms with Crippen molar-refractivity contribution < 1.29 is 74.1 Å². The molecule has 15 heteroatoms. The SMILES string of the molecule is CC(=O)O[C@H]1[C@H](O[C@H]2CC[C@]34C[C@]35CC[C@]3(C)[C@@H]([C@]6(C)CC[C@H](C(C)(C)O)O6)[C@@H](O)C[C@@]3(C)[C@@H]5C[C@H](O[C@H]3O[C@@H](CO)[C@H](O)[C@@H](O)[C@@H]3O)[C@H]4C2(C)C)OC[C@@H](O)[C@@H]1O. The molecule has 0 aromatic heterocycles. The van der Waals surface area contributed by atoms with Crippen LogP contribution in [0.3, 0.4) is 0 Å². The van der Waals surface area contributed by atoms with E-state index < -0.39 is 103 Å². The normalized spacial score (nSPS) is 56.1. The maximum absolute atomic E-state index is 12.2. The monoisotopic (exact) mass is 826 g/mol. The van der Waals surface area contributed by atoms with Crippen LogP contribution in [0.25, 0.3) is 0 Å². The highest BCUT2D eigenvalue weighted by molar-refractivity contribution is 5.66. The van der Waals surface area contributed by atoms with Gasteiger partial charge in [0.25, 0.3) is 0 Å². The molecule has 8 rings (SSSR count). The van der Waals surface area contributed by atoms with Crippen LogP contribution in [-0.2, 0) is 33.2 Å². The lowest BCUT2D eigenvalue weighted by Crippen LogP contribution is -2.65. The van der Waals surface area contributed by atoms with Crippen molar-refractivity contribution in [3.8, 4) is 0 Å². The Bertz CT molecular complexity index is 1570. The molecule has 3 heterocycles. The average molecular weight is 827 g/mol. The summed E-state index contributed by atoms with van der Waals surface area (Å²) in [6.45, 7) is 15.0. The predicted octanol–water partition coefficient (Wildman–Crippen LogP) is 1.29. The Morgan fingerprint density at radius 3 is 2.14 bits per heavy atom. The first kappa shape index (κ1) is 43.6. The summed E-state index contributed by atoms with van der Waals surface area (Å²) >= 11 is 0. The van der Waals surface area contributed by atoms with E-state index in [1.165, 1.54) is 6.92 Å². The summed E-state index contributed by atoms with van der Waals surface area (Å²) in [6, 6.07) is 0. The molecule has 58 heavy (non-hydrogen) atoms. The van der Waals surface area contributed by atoms with E-state index in [0.29, 0.717) is 25.7 Å². The van der Waals surface area contributed by atoms with E-state index in [2.05, 4.69) is 34.6 Å². The second kappa shape index (κ2) is 14.2. The van der Waals surface area contributed by atoms with Gasteiger partial charge in [-0.25, -0.2) is 0 Å². The van der Waals surface area contributed by atoms with E-state index in [1.807, 2.05) is 0 Å². The lowest BCUT2D eigenvalue weighted by atomic mass is 9.41. The van der Waals surface area contributed by atoms with Crippen LogP contribution in [0.2, 0.25) is 0 Å². The molecule has 0 radical (unpaired) electrons. The molecule has 0 bridgehead atoms. The third-order valence-electron chi connectivity index (χ3n) is 17.9. The zero-order valence-electron chi connectivity index (χ0n) is 35.5. The molecule has 2 spiro atoms. The zero-order chi connectivity index (χ0) is 42.3. The van der Waals surface area contributed by atoms with Gasteiger partial charge in [0.1, 0.15) is 36.6 Å². The lowest BCUT2D eigenvalue weighted by Gasteiger charge is -2.65. The van der Waals surface area contributed by atoms with E-state index in [0.717, 1.165) is 32.1 Å². The fourth-order valence-electron chi connectivity index (χ4n) is 15.2.